The van der Waals surface area contributed by atoms with E-state index in [9.17, 15) is 9.18 Å². The van der Waals surface area contributed by atoms with Crippen molar-refractivity contribution in [1.29, 1.82) is 0 Å². The van der Waals surface area contributed by atoms with E-state index in [-0.39, 0.29) is 29.2 Å². The van der Waals surface area contributed by atoms with Gasteiger partial charge >= 0.3 is 0 Å². The predicted octanol–water partition coefficient (Wildman–Crippen LogP) is 3.05. The van der Waals surface area contributed by atoms with Crippen LogP contribution in [0.15, 0.2) is 30.9 Å². The van der Waals surface area contributed by atoms with Gasteiger partial charge in [0.15, 0.2) is 0 Å². The van der Waals surface area contributed by atoms with Crippen LogP contribution in [-0.2, 0) is 9.47 Å². The second-order valence-electron chi connectivity index (χ2n) is 5.77. The van der Waals surface area contributed by atoms with Gasteiger partial charge in [-0.1, -0.05) is 17.7 Å². The smallest absolute Gasteiger partial charge is 0.254 e. The van der Waals surface area contributed by atoms with E-state index in [1.807, 2.05) is 0 Å². The summed E-state index contributed by atoms with van der Waals surface area (Å²) in [6.45, 7) is 5.11. The summed E-state index contributed by atoms with van der Waals surface area (Å²) in [6, 6.07) is 4.05. The highest BCUT2D eigenvalue weighted by molar-refractivity contribution is 6.31. The Kier molecular flexibility index (Phi) is 4.99. The van der Waals surface area contributed by atoms with Gasteiger partial charge < -0.3 is 14.4 Å². The molecule has 1 aromatic carbocycles. The SMILES string of the molecule is C=CCO[C@@H]1CC[C@H]2[C@H]1OCCN2C(=O)c1ccc(F)c(Cl)c1. The standard InChI is InChI=1S/C17H19ClFNO3/c1-2-8-22-15-6-5-14-16(15)23-9-7-20(14)17(21)11-3-4-13(19)12(18)10-11/h2-4,10,14-16H,1,5-9H2/t14-,15+,16+/m0/s1. The summed E-state index contributed by atoms with van der Waals surface area (Å²) in [4.78, 5) is 14.6. The van der Waals surface area contributed by atoms with E-state index in [4.69, 9.17) is 21.1 Å². The maximum absolute atomic E-state index is 13.3. The van der Waals surface area contributed by atoms with Gasteiger partial charge in [-0.05, 0) is 31.0 Å². The molecule has 1 aliphatic carbocycles. The number of halogens is 2. The molecule has 1 amide bonds. The van der Waals surface area contributed by atoms with Gasteiger partial charge in [-0.3, -0.25) is 4.79 Å². The van der Waals surface area contributed by atoms with E-state index in [2.05, 4.69) is 6.58 Å². The second kappa shape index (κ2) is 6.99. The average molecular weight is 340 g/mol. The Labute approximate surface area is 139 Å². The molecule has 1 saturated heterocycles. The number of hydrogen-bond donors (Lipinski definition) is 0. The van der Waals surface area contributed by atoms with Gasteiger partial charge in [0.25, 0.3) is 5.91 Å². The third-order valence-electron chi connectivity index (χ3n) is 4.39. The highest BCUT2D eigenvalue weighted by atomic mass is 35.5. The molecule has 6 heteroatoms. The van der Waals surface area contributed by atoms with Crippen molar-refractivity contribution in [2.24, 2.45) is 0 Å². The number of amides is 1. The summed E-state index contributed by atoms with van der Waals surface area (Å²) in [6.07, 6.45) is 3.23. The lowest BCUT2D eigenvalue weighted by Crippen LogP contribution is -2.53. The minimum Gasteiger partial charge on any atom is -0.372 e. The number of carbonyl (C=O) groups is 1. The Morgan fingerprint density at radius 3 is 3.09 bits per heavy atom. The van der Waals surface area contributed by atoms with E-state index in [0.29, 0.717) is 25.3 Å². The molecule has 1 saturated carbocycles. The predicted molar refractivity (Wildman–Crippen MR) is 85.1 cm³/mol. The molecule has 3 rings (SSSR count). The van der Waals surface area contributed by atoms with Crippen LogP contribution in [0.1, 0.15) is 23.2 Å². The van der Waals surface area contributed by atoms with Crippen molar-refractivity contribution in [3.8, 4) is 0 Å². The topological polar surface area (TPSA) is 38.8 Å². The minimum absolute atomic E-state index is 0.0186. The molecule has 1 heterocycles. The normalized spacial score (nSPS) is 26.9. The van der Waals surface area contributed by atoms with Crippen molar-refractivity contribution >= 4 is 17.5 Å². The van der Waals surface area contributed by atoms with Crippen molar-refractivity contribution in [3.63, 3.8) is 0 Å². The largest absolute Gasteiger partial charge is 0.372 e. The Hall–Kier alpha value is -1.43. The maximum Gasteiger partial charge on any atom is 0.254 e. The van der Waals surface area contributed by atoms with Crippen LogP contribution in [0.3, 0.4) is 0 Å². The molecule has 1 aliphatic heterocycles. The number of carbonyl (C=O) groups excluding carboxylic acids is 1. The minimum atomic E-state index is -0.526. The first-order valence-electron chi connectivity index (χ1n) is 7.72. The van der Waals surface area contributed by atoms with Crippen LogP contribution in [-0.4, -0.2) is 48.8 Å². The van der Waals surface area contributed by atoms with E-state index in [1.165, 1.54) is 18.2 Å². The third-order valence-corrected chi connectivity index (χ3v) is 4.68. The molecule has 0 aromatic heterocycles. The number of benzene rings is 1. The van der Waals surface area contributed by atoms with Crippen molar-refractivity contribution in [1.82, 2.24) is 4.90 Å². The number of hydrogen-bond acceptors (Lipinski definition) is 3. The van der Waals surface area contributed by atoms with Gasteiger partial charge in [-0.2, -0.15) is 0 Å². The molecule has 0 N–H and O–H groups in total. The van der Waals surface area contributed by atoms with Gasteiger partial charge in [0.05, 0.1) is 30.4 Å². The first-order chi connectivity index (χ1) is 11.1. The molecule has 0 unspecified atom stereocenters. The van der Waals surface area contributed by atoms with Crippen molar-refractivity contribution in [3.05, 3.63) is 47.3 Å². The molecular formula is C17H19ClFNO3. The van der Waals surface area contributed by atoms with E-state index >= 15 is 0 Å². The molecule has 3 atom stereocenters. The summed E-state index contributed by atoms with van der Waals surface area (Å²) >= 11 is 5.79. The van der Waals surface area contributed by atoms with Crippen molar-refractivity contribution < 1.29 is 18.7 Å². The molecule has 124 valence electrons. The van der Waals surface area contributed by atoms with E-state index in [1.54, 1.807) is 11.0 Å². The summed E-state index contributed by atoms with van der Waals surface area (Å²) in [5.74, 6) is -0.670. The molecule has 23 heavy (non-hydrogen) atoms. The summed E-state index contributed by atoms with van der Waals surface area (Å²) < 4.78 is 24.9. The van der Waals surface area contributed by atoms with Crippen LogP contribution >= 0.6 is 11.6 Å². The van der Waals surface area contributed by atoms with E-state index < -0.39 is 5.82 Å². The maximum atomic E-state index is 13.3. The zero-order chi connectivity index (χ0) is 16.4. The van der Waals surface area contributed by atoms with Gasteiger partial charge in [0.2, 0.25) is 0 Å². The van der Waals surface area contributed by atoms with Crippen LogP contribution in [0.25, 0.3) is 0 Å². The monoisotopic (exact) mass is 339 g/mol. The molecular weight excluding hydrogens is 321 g/mol. The van der Waals surface area contributed by atoms with Crippen LogP contribution in [0.4, 0.5) is 4.39 Å². The van der Waals surface area contributed by atoms with Crippen LogP contribution < -0.4 is 0 Å². The molecule has 4 nitrogen and oxygen atoms in total. The van der Waals surface area contributed by atoms with Gasteiger partial charge in [-0.25, -0.2) is 4.39 Å². The molecule has 0 spiro atoms. The lowest BCUT2D eigenvalue weighted by molar-refractivity contribution is -0.100. The zero-order valence-electron chi connectivity index (χ0n) is 12.7. The Bertz CT molecular complexity index is 610. The Balaban J connectivity index is 1.76. The second-order valence-corrected chi connectivity index (χ2v) is 6.18. The zero-order valence-corrected chi connectivity index (χ0v) is 13.5. The van der Waals surface area contributed by atoms with Crippen molar-refractivity contribution in [2.75, 3.05) is 19.8 Å². The number of nitrogens with zero attached hydrogens (tertiary/aromatic N) is 1. The van der Waals surface area contributed by atoms with Gasteiger partial charge in [0, 0.05) is 12.1 Å². The number of fused-ring (bicyclic) bond motifs is 1. The highest BCUT2D eigenvalue weighted by Gasteiger charge is 2.45. The highest BCUT2D eigenvalue weighted by Crippen LogP contribution is 2.33. The van der Waals surface area contributed by atoms with Crippen LogP contribution in [0, 0.1) is 5.82 Å². The average Bonchev–Trinajstić information content (AvgIpc) is 2.98. The summed E-state index contributed by atoms with van der Waals surface area (Å²) in [5.41, 5.74) is 0.396. The fraction of sp³-hybridized carbons (Fsp3) is 0.471. The van der Waals surface area contributed by atoms with Crippen molar-refractivity contribution in [2.45, 2.75) is 31.1 Å². The lowest BCUT2D eigenvalue weighted by Gasteiger charge is -2.39. The van der Waals surface area contributed by atoms with Gasteiger partial charge in [-0.15, -0.1) is 6.58 Å². The first kappa shape index (κ1) is 16.4. The number of ether oxygens (including phenoxy) is 2. The Morgan fingerprint density at radius 2 is 2.35 bits per heavy atom. The molecule has 0 radical (unpaired) electrons. The molecule has 2 aliphatic rings. The fourth-order valence-corrected chi connectivity index (χ4v) is 3.51. The quantitative estimate of drug-likeness (QED) is 0.791. The third kappa shape index (κ3) is 3.27. The Morgan fingerprint density at radius 1 is 1.52 bits per heavy atom. The molecule has 1 aromatic rings. The lowest BCUT2D eigenvalue weighted by atomic mass is 10.1. The number of rotatable bonds is 4. The summed E-state index contributed by atoms with van der Waals surface area (Å²) in [7, 11) is 0. The number of morpholine rings is 1. The first-order valence-corrected chi connectivity index (χ1v) is 8.09. The molecule has 0 bridgehead atoms. The van der Waals surface area contributed by atoms with Gasteiger partial charge in [0.1, 0.15) is 11.9 Å². The summed E-state index contributed by atoms with van der Waals surface area (Å²) in [5, 5.41) is -0.0423. The fourth-order valence-electron chi connectivity index (χ4n) is 3.33. The molecule has 2 fully saturated rings. The van der Waals surface area contributed by atoms with Crippen LogP contribution in [0.2, 0.25) is 5.02 Å². The van der Waals surface area contributed by atoms with E-state index in [0.717, 1.165) is 12.8 Å². The van der Waals surface area contributed by atoms with Crippen LogP contribution in [0.5, 0.6) is 0 Å².